The van der Waals surface area contributed by atoms with Crippen LogP contribution in [0.5, 0.6) is 0 Å². The number of aromatic nitrogens is 2. The fraction of sp³-hybridized carbons (Fsp3) is 0.273. The van der Waals surface area contributed by atoms with E-state index >= 15 is 0 Å². The van der Waals surface area contributed by atoms with E-state index in [1.165, 1.54) is 6.07 Å². The molecule has 0 amide bonds. The smallest absolute Gasteiger partial charge is 0.220 e. The summed E-state index contributed by atoms with van der Waals surface area (Å²) in [5, 5.41) is 0.798. The molecule has 2 aromatic rings. The predicted molar refractivity (Wildman–Crippen MR) is 55.9 cm³/mol. The van der Waals surface area contributed by atoms with Gasteiger partial charge in [-0.25, -0.2) is 14.4 Å². The van der Waals surface area contributed by atoms with Crippen LogP contribution in [0.25, 0.3) is 10.9 Å². The molecular weight excluding hydrogens is 193 g/mol. The molecule has 1 aliphatic carbocycles. The quantitative estimate of drug-likeness (QED) is 0.773. The van der Waals surface area contributed by atoms with E-state index in [1.54, 1.807) is 6.07 Å². The number of nitrogen functional groups attached to an aromatic ring is 1. The van der Waals surface area contributed by atoms with Crippen LogP contribution < -0.4 is 5.73 Å². The molecular formula is C11H10FN3. The van der Waals surface area contributed by atoms with Crippen LogP contribution in [0.4, 0.5) is 10.3 Å². The number of hydrogen-bond acceptors (Lipinski definition) is 3. The van der Waals surface area contributed by atoms with E-state index in [0.717, 1.165) is 23.9 Å². The van der Waals surface area contributed by atoms with Gasteiger partial charge in [0.1, 0.15) is 11.3 Å². The molecule has 0 unspecified atom stereocenters. The minimum Gasteiger partial charge on any atom is -0.368 e. The van der Waals surface area contributed by atoms with Crippen molar-refractivity contribution in [2.75, 3.05) is 5.73 Å². The number of halogens is 1. The van der Waals surface area contributed by atoms with Gasteiger partial charge in [0.25, 0.3) is 0 Å². The lowest BCUT2D eigenvalue weighted by atomic mass is 10.1. The molecule has 0 spiro atoms. The van der Waals surface area contributed by atoms with Gasteiger partial charge in [-0.2, -0.15) is 0 Å². The number of para-hydroxylation sites is 1. The van der Waals surface area contributed by atoms with E-state index in [0.29, 0.717) is 11.4 Å². The van der Waals surface area contributed by atoms with Crippen LogP contribution in [0.2, 0.25) is 0 Å². The number of benzene rings is 1. The number of nitrogens with two attached hydrogens (primary N) is 1. The molecule has 1 heterocycles. The third-order valence-electron chi connectivity index (χ3n) is 2.69. The van der Waals surface area contributed by atoms with Crippen molar-refractivity contribution in [3.8, 4) is 0 Å². The molecule has 2 N–H and O–H groups in total. The van der Waals surface area contributed by atoms with Crippen molar-refractivity contribution < 1.29 is 4.39 Å². The average Bonchev–Trinajstić information content (AvgIpc) is 3.02. The highest BCUT2D eigenvalue weighted by atomic mass is 19.1. The molecule has 0 radical (unpaired) electrons. The van der Waals surface area contributed by atoms with Crippen molar-refractivity contribution in [1.29, 1.82) is 0 Å². The van der Waals surface area contributed by atoms with E-state index in [1.807, 2.05) is 6.07 Å². The Labute approximate surface area is 86.1 Å². The molecule has 1 saturated carbocycles. The molecule has 0 atom stereocenters. The predicted octanol–water partition coefficient (Wildman–Crippen LogP) is 2.23. The number of anilines is 1. The molecule has 4 heteroatoms. The topological polar surface area (TPSA) is 51.8 Å². The molecule has 15 heavy (non-hydrogen) atoms. The Bertz CT molecular complexity index is 535. The lowest BCUT2D eigenvalue weighted by Crippen LogP contribution is -2.01. The van der Waals surface area contributed by atoms with Crippen LogP contribution >= 0.6 is 0 Å². The number of nitrogens with zero attached hydrogens (tertiary/aromatic N) is 2. The maximum Gasteiger partial charge on any atom is 0.220 e. The summed E-state index contributed by atoms with van der Waals surface area (Å²) in [7, 11) is 0. The van der Waals surface area contributed by atoms with Crippen LogP contribution in [0.3, 0.4) is 0 Å². The third kappa shape index (κ3) is 1.33. The highest BCUT2D eigenvalue weighted by molar-refractivity contribution is 5.83. The Kier molecular flexibility index (Phi) is 1.65. The van der Waals surface area contributed by atoms with Gasteiger partial charge in [0.15, 0.2) is 0 Å². The second-order valence-electron chi connectivity index (χ2n) is 3.88. The summed E-state index contributed by atoms with van der Waals surface area (Å²) >= 11 is 0. The molecule has 1 fully saturated rings. The molecule has 0 bridgehead atoms. The van der Waals surface area contributed by atoms with E-state index in [9.17, 15) is 4.39 Å². The van der Waals surface area contributed by atoms with E-state index in [-0.39, 0.29) is 11.8 Å². The Balaban J connectivity index is 2.38. The summed E-state index contributed by atoms with van der Waals surface area (Å²) in [5.74, 6) is 0.276. The van der Waals surface area contributed by atoms with E-state index < -0.39 is 0 Å². The van der Waals surface area contributed by atoms with Crippen LogP contribution in [-0.4, -0.2) is 9.97 Å². The van der Waals surface area contributed by atoms with Crippen LogP contribution in [-0.2, 0) is 0 Å². The van der Waals surface area contributed by atoms with Crippen molar-refractivity contribution >= 4 is 16.9 Å². The number of rotatable bonds is 1. The van der Waals surface area contributed by atoms with Crippen LogP contribution in [0.15, 0.2) is 18.2 Å². The SMILES string of the molecule is Nc1nc(C2CC2)c2cccc(F)c2n1. The fourth-order valence-corrected chi connectivity index (χ4v) is 1.83. The average molecular weight is 203 g/mol. The minimum atomic E-state index is -0.330. The third-order valence-corrected chi connectivity index (χ3v) is 2.69. The molecule has 0 saturated heterocycles. The zero-order valence-corrected chi connectivity index (χ0v) is 8.07. The van der Waals surface area contributed by atoms with Gasteiger partial charge in [0, 0.05) is 11.3 Å². The summed E-state index contributed by atoms with van der Waals surface area (Å²) in [6, 6.07) is 4.93. The largest absolute Gasteiger partial charge is 0.368 e. The standard InChI is InChI=1S/C11H10FN3/c12-8-3-1-2-7-9(6-4-5-6)14-11(13)15-10(7)8/h1-3,6H,4-5H2,(H2,13,14,15). The molecule has 1 aromatic heterocycles. The maximum atomic E-state index is 13.5. The molecule has 1 aromatic carbocycles. The first-order chi connectivity index (χ1) is 7.25. The van der Waals surface area contributed by atoms with Gasteiger partial charge < -0.3 is 5.73 Å². The van der Waals surface area contributed by atoms with Crippen molar-refractivity contribution in [2.24, 2.45) is 0 Å². The highest BCUT2D eigenvalue weighted by Crippen LogP contribution is 2.42. The summed E-state index contributed by atoms with van der Waals surface area (Å²) in [6.07, 6.45) is 2.23. The Morgan fingerprint density at radius 2 is 2.07 bits per heavy atom. The summed E-state index contributed by atoms with van der Waals surface area (Å²) in [6.45, 7) is 0. The van der Waals surface area contributed by atoms with Crippen molar-refractivity contribution in [1.82, 2.24) is 9.97 Å². The van der Waals surface area contributed by atoms with Crippen molar-refractivity contribution in [3.05, 3.63) is 29.7 Å². The van der Waals surface area contributed by atoms with Crippen LogP contribution in [0, 0.1) is 5.82 Å². The molecule has 76 valence electrons. The second kappa shape index (κ2) is 2.89. The maximum absolute atomic E-state index is 13.5. The van der Waals surface area contributed by atoms with E-state index in [4.69, 9.17) is 5.73 Å². The van der Waals surface area contributed by atoms with E-state index in [2.05, 4.69) is 9.97 Å². The molecule has 0 aliphatic heterocycles. The molecule has 3 nitrogen and oxygen atoms in total. The number of hydrogen-bond donors (Lipinski definition) is 1. The zero-order chi connectivity index (χ0) is 10.4. The van der Waals surface area contributed by atoms with Gasteiger partial charge in [-0.3, -0.25) is 0 Å². The minimum absolute atomic E-state index is 0.162. The van der Waals surface area contributed by atoms with Gasteiger partial charge in [-0.1, -0.05) is 12.1 Å². The lowest BCUT2D eigenvalue weighted by molar-refractivity contribution is 0.636. The lowest BCUT2D eigenvalue weighted by Gasteiger charge is -2.05. The van der Waals surface area contributed by atoms with Gasteiger partial charge in [0.2, 0.25) is 5.95 Å². The number of fused-ring (bicyclic) bond motifs is 1. The van der Waals surface area contributed by atoms with Gasteiger partial charge in [0.05, 0.1) is 5.69 Å². The Morgan fingerprint density at radius 1 is 1.27 bits per heavy atom. The Hall–Kier alpha value is -1.71. The van der Waals surface area contributed by atoms with Crippen molar-refractivity contribution in [3.63, 3.8) is 0 Å². The first-order valence-electron chi connectivity index (χ1n) is 4.97. The summed E-state index contributed by atoms with van der Waals surface area (Å²) in [4.78, 5) is 8.14. The van der Waals surface area contributed by atoms with Crippen molar-refractivity contribution in [2.45, 2.75) is 18.8 Å². The molecule has 3 rings (SSSR count). The summed E-state index contributed by atoms with van der Waals surface area (Å²) in [5.41, 5.74) is 6.81. The van der Waals surface area contributed by atoms with Gasteiger partial charge in [-0.15, -0.1) is 0 Å². The summed E-state index contributed by atoms with van der Waals surface area (Å²) < 4.78 is 13.5. The first-order valence-corrected chi connectivity index (χ1v) is 4.97. The Morgan fingerprint density at radius 3 is 2.80 bits per heavy atom. The zero-order valence-electron chi connectivity index (χ0n) is 8.07. The molecule has 1 aliphatic rings. The fourth-order valence-electron chi connectivity index (χ4n) is 1.83. The highest BCUT2D eigenvalue weighted by Gasteiger charge is 2.28. The van der Waals surface area contributed by atoms with Gasteiger partial charge in [-0.05, 0) is 18.9 Å². The van der Waals surface area contributed by atoms with Crippen LogP contribution in [0.1, 0.15) is 24.5 Å². The monoisotopic (exact) mass is 203 g/mol. The van der Waals surface area contributed by atoms with Gasteiger partial charge >= 0.3 is 0 Å². The first kappa shape index (κ1) is 8.59. The second-order valence-corrected chi connectivity index (χ2v) is 3.88. The normalized spacial score (nSPS) is 15.8.